The van der Waals surface area contributed by atoms with Gasteiger partial charge in [0, 0.05) is 7.05 Å². The summed E-state index contributed by atoms with van der Waals surface area (Å²) in [6.07, 6.45) is 1.54. The number of thiazole rings is 1. The van der Waals surface area contributed by atoms with Crippen LogP contribution in [0.3, 0.4) is 0 Å². The fraction of sp³-hybridized carbons (Fsp3) is 0.250. The van der Waals surface area contributed by atoms with Crippen LogP contribution in [0.1, 0.15) is 34.1 Å². The number of nitrogens with zero attached hydrogens (tertiary/aromatic N) is 2. The molecule has 21 heavy (non-hydrogen) atoms. The average Bonchev–Trinajstić information content (AvgIpc) is 3.10. The molecule has 1 unspecified atom stereocenters. The lowest BCUT2D eigenvalue weighted by Gasteiger charge is -2.22. The monoisotopic (exact) mass is 300 g/mol. The standard InChI is InChI=1S/C16H16N2O2S/c1-10(15-17-13-6-4-5-7-14(13)21-15)18(3)16(19)12-8-9-20-11(12)2/h4-10H,1-3H3. The molecule has 1 amide bonds. The van der Waals surface area contributed by atoms with Gasteiger partial charge in [-0.05, 0) is 32.0 Å². The molecule has 0 bridgehead atoms. The van der Waals surface area contributed by atoms with E-state index in [4.69, 9.17) is 4.42 Å². The Balaban J connectivity index is 1.88. The van der Waals surface area contributed by atoms with Gasteiger partial charge in [-0.1, -0.05) is 12.1 Å². The summed E-state index contributed by atoms with van der Waals surface area (Å²) in [7, 11) is 1.80. The first-order chi connectivity index (χ1) is 10.1. The van der Waals surface area contributed by atoms with Gasteiger partial charge >= 0.3 is 0 Å². The zero-order valence-electron chi connectivity index (χ0n) is 12.2. The van der Waals surface area contributed by atoms with Crippen molar-refractivity contribution in [2.45, 2.75) is 19.9 Å². The maximum atomic E-state index is 12.5. The van der Waals surface area contributed by atoms with Crippen LogP contribution in [0.2, 0.25) is 0 Å². The van der Waals surface area contributed by atoms with Crippen LogP contribution in [0, 0.1) is 6.92 Å². The molecule has 2 heterocycles. The quantitative estimate of drug-likeness (QED) is 0.733. The smallest absolute Gasteiger partial charge is 0.257 e. The molecule has 2 aromatic heterocycles. The lowest BCUT2D eigenvalue weighted by molar-refractivity contribution is 0.0741. The molecule has 0 aliphatic rings. The fourth-order valence-electron chi connectivity index (χ4n) is 2.21. The molecule has 0 fully saturated rings. The number of aryl methyl sites for hydroxylation is 1. The minimum atomic E-state index is -0.0794. The van der Waals surface area contributed by atoms with Gasteiger partial charge in [-0.3, -0.25) is 4.79 Å². The Bertz CT molecular complexity index is 757. The molecule has 0 aliphatic carbocycles. The lowest BCUT2D eigenvalue weighted by atomic mass is 10.2. The highest BCUT2D eigenvalue weighted by Gasteiger charge is 2.23. The number of amides is 1. The molecule has 108 valence electrons. The van der Waals surface area contributed by atoms with Gasteiger partial charge in [0.25, 0.3) is 5.91 Å². The van der Waals surface area contributed by atoms with E-state index in [0.29, 0.717) is 11.3 Å². The van der Waals surface area contributed by atoms with Gasteiger partial charge in [0.05, 0.1) is 28.1 Å². The third-order valence-electron chi connectivity index (χ3n) is 3.66. The third-order valence-corrected chi connectivity index (χ3v) is 4.87. The van der Waals surface area contributed by atoms with E-state index in [1.54, 1.807) is 42.5 Å². The largest absolute Gasteiger partial charge is 0.469 e. The molecule has 5 heteroatoms. The fourth-order valence-corrected chi connectivity index (χ4v) is 3.27. The van der Waals surface area contributed by atoms with Crippen LogP contribution >= 0.6 is 11.3 Å². The van der Waals surface area contributed by atoms with E-state index in [9.17, 15) is 4.79 Å². The van der Waals surface area contributed by atoms with E-state index in [1.807, 2.05) is 31.2 Å². The molecule has 0 aliphatic heterocycles. The number of aromatic nitrogens is 1. The topological polar surface area (TPSA) is 46.3 Å². The van der Waals surface area contributed by atoms with Crippen molar-refractivity contribution in [1.29, 1.82) is 0 Å². The number of benzene rings is 1. The molecule has 0 radical (unpaired) electrons. The summed E-state index contributed by atoms with van der Waals surface area (Å²) in [5.74, 6) is 0.594. The summed E-state index contributed by atoms with van der Waals surface area (Å²) in [6, 6.07) is 9.64. The number of hydrogen-bond donors (Lipinski definition) is 0. The van der Waals surface area contributed by atoms with Crippen molar-refractivity contribution in [3.05, 3.63) is 52.9 Å². The van der Waals surface area contributed by atoms with Gasteiger partial charge < -0.3 is 9.32 Å². The summed E-state index contributed by atoms with van der Waals surface area (Å²) >= 11 is 1.62. The Labute approximate surface area is 127 Å². The molecule has 1 aromatic carbocycles. The van der Waals surface area contributed by atoms with Crippen LogP contribution in [-0.4, -0.2) is 22.8 Å². The van der Waals surface area contributed by atoms with Crippen LogP contribution in [-0.2, 0) is 0 Å². The van der Waals surface area contributed by atoms with E-state index >= 15 is 0 Å². The second kappa shape index (κ2) is 5.33. The van der Waals surface area contributed by atoms with Crippen LogP contribution < -0.4 is 0 Å². The number of hydrogen-bond acceptors (Lipinski definition) is 4. The normalized spacial score (nSPS) is 12.5. The van der Waals surface area contributed by atoms with Crippen molar-refractivity contribution in [2.24, 2.45) is 0 Å². The molecular formula is C16H16N2O2S. The van der Waals surface area contributed by atoms with E-state index in [0.717, 1.165) is 15.2 Å². The molecule has 0 saturated carbocycles. The molecule has 0 saturated heterocycles. The molecule has 1 atom stereocenters. The van der Waals surface area contributed by atoms with Crippen molar-refractivity contribution in [3.63, 3.8) is 0 Å². The van der Waals surface area contributed by atoms with Gasteiger partial charge in [-0.25, -0.2) is 4.98 Å². The second-order valence-electron chi connectivity index (χ2n) is 5.00. The van der Waals surface area contributed by atoms with Gasteiger partial charge in [0.1, 0.15) is 10.8 Å². The van der Waals surface area contributed by atoms with Crippen molar-refractivity contribution in [1.82, 2.24) is 9.88 Å². The maximum absolute atomic E-state index is 12.5. The van der Waals surface area contributed by atoms with Gasteiger partial charge in [-0.2, -0.15) is 0 Å². The Morgan fingerprint density at radius 1 is 1.33 bits per heavy atom. The molecule has 3 rings (SSSR count). The summed E-state index contributed by atoms with van der Waals surface area (Å²) < 4.78 is 6.35. The number of furan rings is 1. The van der Waals surface area contributed by atoms with Gasteiger partial charge in [0.2, 0.25) is 0 Å². The minimum Gasteiger partial charge on any atom is -0.469 e. The number of carbonyl (C=O) groups is 1. The minimum absolute atomic E-state index is 0.0481. The van der Waals surface area contributed by atoms with Crippen molar-refractivity contribution < 1.29 is 9.21 Å². The molecule has 0 N–H and O–H groups in total. The molecule has 4 nitrogen and oxygen atoms in total. The van der Waals surface area contributed by atoms with E-state index in [2.05, 4.69) is 4.98 Å². The zero-order valence-corrected chi connectivity index (χ0v) is 13.0. The number of para-hydroxylation sites is 1. The lowest BCUT2D eigenvalue weighted by Crippen LogP contribution is -2.29. The molecular weight excluding hydrogens is 284 g/mol. The van der Waals surface area contributed by atoms with Crippen LogP contribution in [0.4, 0.5) is 0 Å². The first kappa shape index (κ1) is 13.8. The Hall–Kier alpha value is -2.14. The van der Waals surface area contributed by atoms with E-state index < -0.39 is 0 Å². The summed E-state index contributed by atoms with van der Waals surface area (Å²) in [4.78, 5) is 18.8. The highest BCUT2D eigenvalue weighted by Crippen LogP contribution is 2.29. The number of carbonyl (C=O) groups excluding carboxylic acids is 1. The summed E-state index contributed by atoms with van der Waals surface area (Å²) in [5, 5.41) is 0.938. The molecule has 3 aromatic rings. The van der Waals surface area contributed by atoms with Crippen molar-refractivity contribution in [2.75, 3.05) is 7.05 Å². The average molecular weight is 300 g/mol. The van der Waals surface area contributed by atoms with E-state index in [1.165, 1.54) is 0 Å². The maximum Gasteiger partial charge on any atom is 0.257 e. The first-order valence-electron chi connectivity index (χ1n) is 6.74. The van der Waals surface area contributed by atoms with Crippen molar-refractivity contribution >= 4 is 27.5 Å². The number of rotatable bonds is 3. The zero-order chi connectivity index (χ0) is 15.0. The Morgan fingerprint density at radius 2 is 2.10 bits per heavy atom. The molecule has 0 spiro atoms. The second-order valence-corrected chi connectivity index (χ2v) is 6.06. The number of fused-ring (bicyclic) bond motifs is 1. The van der Waals surface area contributed by atoms with Crippen molar-refractivity contribution in [3.8, 4) is 0 Å². The van der Waals surface area contributed by atoms with Gasteiger partial charge in [0.15, 0.2) is 0 Å². The third kappa shape index (κ3) is 2.45. The Kier molecular flexibility index (Phi) is 3.51. The summed E-state index contributed by atoms with van der Waals surface area (Å²) in [5.41, 5.74) is 1.58. The van der Waals surface area contributed by atoms with Crippen LogP contribution in [0.25, 0.3) is 10.2 Å². The first-order valence-corrected chi connectivity index (χ1v) is 7.56. The summed E-state index contributed by atoms with van der Waals surface area (Å²) in [6.45, 7) is 3.79. The highest BCUT2D eigenvalue weighted by molar-refractivity contribution is 7.18. The Morgan fingerprint density at radius 3 is 2.76 bits per heavy atom. The SMILES string of the molecule is Cc1occc1C(=O)N(C)C(C)c1nc2ccccc2s1. The van der Waals surface area contributed by atoms with Crippen LogP contribution in [0.15, 0.2) is 41.0 Å². The van der Waals surface area contributed by atoms with E-state index in [-0.39, 0.29) is 11.9 Å². The van der Waals surface area contributed by atoms with Gasteiger partial charge in [-0.15, -0.1) is 11.3 Å². The van der Waals surface area contributed by atoms with Crippen LogP contribution in [0.5, 0.6) is 0 Å². The predicted octanol–water partition coefficient (Wildman–Crippen LogP) is 4.03. The highest BCUT2D eigenvalue weighted by atomic mass is 32.1. The predicted molar refractivity (Wildman–Crippen MR) is 83.6 cm³/mol.